The molecule has 6 rings (SSSR count). The largest absolute Gasteiger partial charge is 0.339 e. The van der Waals surface area contributed by atoms with Crippen LogP contribution in [0.15, 0.2) is 54.9 Å². The van der Waals surface area contributed by atoms with Crippen LogP contribution < -0.4 is 5.32 Å². The molecule has 2 aliphatic rings. The van der Waals surface area contributed by atoms with Gasteiger partial charge in [0.25, 0.3) is 0 Å². The fourth-order valence-corrected chi connectivity index (χ4v) is 5.69. The predicted octanol–water partition coefficient (Wildman–Crippen LogP) is 8.02. The summed E-state index contributed by atoms with van der Waals surface area (Å²) in [4.78, 5) is 25.0. The summed E-state index contributed by atoms with van der Waals surface area (Å²) in [6, 6.07) is 14.4. The Morgan fingerprint density at radius 1 is 0.973 bits per heavy atom. The number of likely N-dealkylation sites (tertiary alicyclic amines) is 1. The molecule has 0 spiro atoms. The molecule has 7 heteroatoms. The van der Waals surface area contributed by atoms with Crippen LogP contribution in [0.2, 0.25) is 10.0 Å². The zero-order valence-corrected chi connectivity index (χ0v) is 22.4. The van der Waals surface area contributed by atoms with Crippen molar-refractivity contribution in [3.8, 4) is 11.1 Å². The summed E-state index contributed by atoms with van der Waals surface area (Å²) >= 11 is 12.9. The van der Waals surface area contributed by atoms with E-state index in [1.165, 1.54) is 12.0 Å². The van der Waals surface area contributed by atoms with Crippen molar-refractivity contribution in [1.29, 1.82) is 0 Å². The number of rotatable bonds is 6. The highest BCUT2D eigenvalue weighted by atomic mass is 35.5. The van der Waals surface area contributed by atoms with Gasteiger partial charge in [-0.3, -0.25) is 14.7 Å². The molecule has 2 fully saturated rings. The number of ketones is 1. The van der Waals surface area contributed by atoms with Crippen molar-refractivity contribution in [3.05, 3.63) is 81.6 Å². The summed E-state index contributed by atoms with van der Waals surface area (Å²) in [6.07, 6.45) is 7.86. The standard InChI is InChI=1S/C30H28Cl2N4O/c1-17-24(31)13-21(14-25(17)32)19-7-9-26-22(12-19)29(23(16-33-26)30(37)18-5-6-18)35-28-10-8-20(15-34-28)27-4-3-11-36(27)2/h7-10,12-16,18,27H,3-6,11H2,1-2H3,(H,33,34,35). The Kier molecular flexibility index (Phi) is 6.39. The number of hydrogen-bond acceptors (Lipinski definition) is 5. The van der Waals surface area contributed by atoms with Gasteiger partial charge < -0.3 is 5.32 Å². The topological polar surface area (TPSA) is 58.1 Å². The average molecular weight is 531 g/mol. The molecule has 37 heavy (non-hydrogen) atoms. The van der Waals surface area contributed by atoms with Crippen molar-refractivity contribution in [3.63, 3.8) is 0 Å². The van der Waals surface area contributed by atoms with E-state index >= 15 is 0 Å². The smallest absolute Gasteiger partial charge is 0.169 e. The van der Waals surface area contributed by atoms with Crippen LogP contribution in [0.4, 0.5) is 11.5 Å². The maximum atomic E-state index is 13.3. The van der Waals surface area contributed by atoms with E-state index in [4.69, 9.17) is 28.2 Å². The minimum Gasteiger partial charge on any atom is -0.339 e. The highest BCUT2D eigenvalue weighted by molar-refractivity contribution is 6.36. The van der Waals surface area contributed by atoms with Gasteiger partial charge in [0, 0.05) is 39.8 Å². The molecule has 1 saturated carbocycles. The number of fused-ring (bicyclic) bond motifs is 1. The molecule has 0 bridgehead atoms. The summed E-state index contributed by atoms with van der Waals surface area (Å²) in [7, 11) is 2.16. The molecule has 1 atom stereocenters. The van der Waals surface area contributed by atoms with E-state index in [0.717, 1.165) is 59.1 Å². The molecule has 1 aliphatic carbocycles. The van der Waals surface area contributed by atoms with Gasteiger partial charge in [0.1, 0.15) is 5.82 Å². The number of carbonyl (C=O) groups is 1. The zero-order chi connectivity index (χ0) is 25.7. The summed E-state index contributed by atoms with van der Waals surface area (Å²) in [5.41, 5.74) is 6.08. The molecule has 1 aliphatic heterocycles. The first-order valence-corrected chi connectivity index (χ1v) is 13.5. The first kappa shape index (κ1) is 24.4. The fraction of sp³-hybridized carbons (Fsp3) is 0.300. The molecule has 0 amide bonds. The minimum atomic E-state index is 0.0749. The Balaban J connectivity index is 1.43. The highest BCUT2D eigenvalue weighted by Crippen LogP contribution is 2.39. The third-order valence-corrected chi connectivity index (χ3v) is 8.43. The van der Waals surface area contributed by atoms with Gasteiger partial charge in [-0.05, 0) is 98.8 Å². The number of benzene rings is 2. The van der Waals surface area contributed by atoms with Crippen molar-refractivity contribution in [2.24, 2.45) is 5.92 Å². The molecule has 2 aromatic carbocycles. The lowest BCUT2D eigenvalue weighted by atomic mass is 9.98. The van der Waals surface area contributed by atoms with Crippen LogP contribution in [-0.2, 0) is 0 Å². The second kappa shape index (κ2) is 9.71. The van der Waals surface area contributed by atoms with E-state index in [0.29, 0.717) is 27.5 Å². The number of pyridine rings is 2. The van der Waals surface area contributed by atoms with Gasteiger partial charge in [-0.15, -0.1) is 0 Å². The number of nitrogens with one attached hydrogen (secondary N) is 1. The maximum Gasteiger partial charge on any atom is 0.169 e. The van der Waals surface area contributed by atoms with Gasteiger partial charge in [-0.2, -0.15) is 0 Å². The Labute approximate surface area is 226 Å². The number of hydrogen-bond donors (Lipinski definition) is 1. The summed E-state index contributed by atoms with van der Waals surface area (Å²) < 4.78 is 0. The summed E-state index contributed by atoms with van der Waals surface area (Å²) in [5.74, 6) is 0.910. The van der Waals surface area contributed by atoms with Crippen LogP contribution in [0.1, 0.15) is 53.2 Å². The molecule has 5 nitrogen and oxygen atoms in total. The van der Waals surface area contributed by atoms with Crippen molar-refractivity contribution in [2.45, 2.75) is 38.6 Å². The lowest BCUT2D eigenvalue weighted by Crippen LogP contribution is -2.17. The molecule has 188 valence electrons. The van der Waals surface area contributed by atoms with Crippen LogP contribution >= 0.6 is 23.2 Å². The van der Waals surface area contributed by atoms with Crippen LogP contribution in [0.5, 0.6) is 0 Å². The molecule has 0 radical (unpaired) electrons. The quantitative estimate of drug-likeness (QED) is 0.256. The van der Waals surface area contributed by atoms with Gasteiger partial charge in [0.15, 0.2) is 5.78 Å². The molecule has 1 N–H and O–H groups in total. The third kappa shape index (κ3) is 4.72. The average Bonchev–Trinajstić information content (AvgIpc) is 3.67. The predicted molar refractivity (Wildman–Crippen MR) is 151 cm³/mol. The molecular formula is C30H28Cl2N4O. The second-order valence-electron chi connectivity index (χ2n) is 10.2. The summed E-state index contributed by atoms with van der Waals surface area (Å²) in [5, 5.41) is 5.58. The van der Waals surface area contributed by atoms with Crippen LogP contribution in [0, 0.1) is 12.8 Å². The molecule has 3 heterocycles. The number of nitrogens with zero attached hydrogens (tertiary/aromatic N) is 3. The van der Waals surface area contributed by atoms with E-state index < -0.39 is 0 Å². The van der Waals surface area contributed by atoms with Gasteiger partial charge in [-0.1, -0.05) is 35.3 Å². The lowest BCUT2D eigenvalue weighted by molar-refractivity contribution is 0.0968. The highest BCUT2D eigenvalue weighted by Gasteiger charge is 2.32. The number of Topliss-reactive ketones (excluding diaryl/α,β-unsaturated/α-hetero) is 1. The normalized spacial score (nSPS) is 17.9. The molecule has 2 aromatic heterocycles. The van der Waals surface area contributed by atoms with Crippen LogP contribution in [0.25, 0.3) is 22.0 Å². The van der Waals surface area contributed by atoms with E-state index in [1.54, 1.807) is 6.20 Å². The molecule has 1 unspecified atom stereocenters. The molecule has 1 saturated heterocycles. The monoisotopic (exact) mass is 530 g/mol. The molecular weight excluding hydrogens is 503 g/mol. The van der Waals surface area contributed by atoms with Crippen molar-refractivity contribution < 1.29 is 4.79 Å². The minimum absolute atomic E-state index is 0.0749. The van der Waals surface area contributed by atoms with Crippen molar-refractivity contribution >= 4 is 51.4 Å². The van der Waals surface area contributed by atoms with Crippen molar-refractivity contribution in [1.82, 2.24) is 14.9 Å². The maximum absolute atomic E-state index is 13.3. The first-order chi connectivity index (χ1) is 17.9. The van der Waals surface area contributed by atoms with Gasteiger partial charge in [-0.25, -0.2) is 4.98 Å². The Bertz CT molecular complexity index is 1490. The second-order valence-corrected chi connectivity index (χ2v) is 11.0. The first-order valence-electron chi connectivity index (χ1n) is 12.8. The van der Waals surface area contributed by atoms with Gasteiger partial charge >= 0.3 is 0 Å². The Morgan fingerprint density at radius 2 is 1.76 bits per heavy atom. The lowest BCUT2D eigenvalue weighted by Gasteiger charge is -2.20. The fourth-order valence-electron chi connectivity index (χ4n) is 5.21. The van der Waals surface area contributed by atoms with Crippen molar-refractivity contribution in [2.75, 3.05) is 18.9 Å². The zero-order valence-electron chi connectivity index (χ0n) is 20.9. The van der Waals surface area contributed by atoms with Crippen LogP contribution in [0.3, 0.4) is 0 Å². The Hall–Kier alpha value is -2.99. The number of halogens is 2. The van der Waals surface area contributed by atoms with E-state index in [1.807, 2.05) is 49.5 Å². The summed E-state index contributed by atoms with van der Waals surface area (Å²) in [6.45, 7) is 3.01. The van der Waals surface area contributed by atoms with E-state index in [-0.39, 0.29) is 11.7 Å². The SMILES string of the molecule is Cc1c(Cl)cc(-c2ccc3ncc(C(=O)C4CC4)c(Nc4ccc(C5CCCN5C)cn4)c3c2)cc1Cl. The van der Waals surface area contributed by atoms with Gasteiger partial charge in [0.05, 0.1) is 16.8 Å². The number of aromatic nitrogens is 2. The van der Waals surface area contributed by atoms with Crippen LogP contribution in [-0.4, -0.2) is 34.2 Å². The number of carbonyl (C=O) groups excluding carboxylic acids is 1. The third-order valence-electron chi connectivity index (χ3n) is 7.64. The van der Waals surface area contributed by atoms with E-state index in [9.17, 15) is 4.79 Å². The Morgan fingerprint density at radius 3 is 2.41 bits per heavy atom. The number of anilines is 2. The van der Waals surface area contributed by atoms with E-state index in [2.05, 4.69) is 28.3 Å². The van der Waals surface area contributed by atoms with Gasteiger partial charge in [0.2, 0.25) is 0 Å². The molecule has 4 aromatic rings.